The Labute approximate surface area is 110 Å². The van der Waals surface area contributed by atoms with Crippen molar-refractivity contribution < 1.29 is 9.53 Å². The lowest BCUT2D eigenvalue weighted by atomic mass is 9.86. The molecule has 0 radical (unpaired) electrons. The molecule has 17 heavy (non-hydrogen) atoms. The molecule has 0 spiro atoms. The van der Waals surface area contributed by atoms with Crippen LogP contribution in [0.15, 0.2) is 22.7 Å². The average Bonchev–Trinajstić information content (AvgIpc) is 2.12. The van der Waals surface area contributed by atoms with Crippen molar-refractivity contribution in [2.75, 3.05) is 6.61 Å². The summed E-state index contributed by atoms with van der Waals surface area (Å²) in [4.78, 5) is 11.1. The van der Waals surface area contributed by atoms with Crippen molar-refractivity contribution in [1.82, 2.24) is 0 Å². The van der Waals surface area contributed by atoms with E-state index in [9.17, 15) is 4.79 Å². The van der Waals surface area contributed by atoms with Gasteiger partial charge in [-0.25, -0.2) is 0 Å². The Kier molecular flexibility index (Phi) is 4.21. The summed E-state index contributed by atoms with van der Waals surface area (Å²) >= 11 is 3.45. The minimum Gasteiger partial charge on any atom is -0.493 e. The fraction of sp³-hybridized carbons (Fsp3) is 0.500. The van der Waals surface area contributed by atoms with Gasteiger partial charge in [0, 0.05) is 10.9 Å². The maximum absolute atomic E-state index is 11.1. The molecule has 1 aliphatic rings. The minimum atomic E-state index is 0.174. The monoisotopic (exact) mass is 296 g/mol. The molecular weight excluding hydrogens is 280 g/mol. The van der Waals surface area contributed by atoms with Crippen LogP contribution in [-0.2, 0) is 11.2 Å². The predicted octanol–water partition coefficient (Wildman–Crippen LogP) is 3.76. The first-order chi connectivity index (χ1) is 8.13. The van der Waals surface area contributed by atoms with Crippen molar-refractivity contribution in [3.05, 3.63) is 28.2 Å². The van der Waals surface area contributed by atoms with Crippen LogP contribution in [0.4, 0.5) is 0 Å². The lowest BCUT2D eigenvalue weighted by Gasteiger charge is -2.25. The van der Waals surface area contributed by atoms with Gasteiger partial charge in [0.2, 0.25) is 0 Å². The van der Waals surface area contributed by atoms with Gasteiger partial charge in [0.1, 0.15) is 11.5 Å². The van der Waals surface area contributed by atoms with Gasteiger partial charge in [-0.05, 0) is 49.4 Å². The molecular formula is C14H17BrO2. The van der Waals surface area contributed by atoms with Crippen LogP contribution in [0.1, 0.15) is 31.7 Å². The molecule has 92 valence electrons. The molecule has 0 bridgehead atoms. The van der Waals surface area contributed by atoms with Crippen LogP contribution < -0.4 is 4.74 Å². The third-order valence-corrected chi connectivity index (χ3v) is 3.55. The standard InChI is InChI=1S/C14H17BrO2/c1-10(16)5-12-6-13(15)8-14(7-12)17-9-11-3-2-4-11/h6-8,11H,2-5,9H2,1H3. The minimum absolute atomic E-state index is 0.174. The number of halogens is 1. The topological polar surface area (TPSA) is 26.3 Å². The summed E-state index contributed by atoms with van der Waals surface area (Å²) in [6.45, 7) is 2.41. The van der Waals surface area contributed by atoms with E-state index in [1.807, 2.05) is 18.2 Å². The number of hydrogen-bond acceptors (Lipinski definition) is 2. The molecule has 0 saturated heterocycles. The Hall–Kier alpha value is -0.830. The number of ether oxygens (including phenoxy) is 1. The number of rotatable bonds is 5. The molecule has 1 aromatic rings. The van der Waals surface area contributed by atoms with Gasteiger partial charge >= 0.3 is 0 Å². The molecule has 3 heteroatoms. The number of ketones is 1. The lowest BCUT2D eigenvalue weighted by molar-refractivity contribution is -0.116. The molecule has 0 aliphatic heterocycles. The van der Waals surface area contributed by atoms with E-state index in [2.05, 4.69) is 15.9 Å². The van der Waals surface area contributed by atoms with E-state index in [4.69, 9.17) is 4.74 Å². The van der Waals surface area contributed by atoms with E-state index in [-0.39, 0.29) is 5.78 Å². The van der Waals surface area contributed by atoms with Crippen molar-refractivity contribution in [1.29, 1.82) is 0 Å². The second-order valence-electron chi connectivity index (χ2n) is 4.78. The third-order valence-electron chi connectivity index (χ3n) is 3.09. The second-order valence-corrected chi connectivity index (χ2v) is 5.70. The average molecular weight is 297 g/mol. The summed E-state index contributed by atoms with van der Waals surface area (Å²) in [5.41, 5.74) is 1.01. The highest BCUT2D eigenvalue weighted by Gasteiger charge is 2.18. The van der Waals surface area contributed by atoms with Crippen LogP contribution >= 0.6 is 15.9 Å². The Balaban J connectivity index is 1.99. The van der Waals surface area contributed by atoms with Gasteiger partial charge in [-0.3, -0.25) is 4.79 Å². The second kappa shape index (κ2) is 5.67. The highest BCUT2D eigenvalue weighted by atomic mass is 79.9. The van der Waals surface area contributed by atoms with Crippen molar-refractivity contribution in [2.45, 2.75) is 32.6 Å². The van der Waals surface area contributed by atoms with E-state index in [1.54, 1.807) is 6.92 Å². The van der Waals surface area contributed by atoms with Gasteiger partial charge in [0.15, 0.2) is 0 Å². The molecule has 2 nitrogen and oxygen atoms in total. The predicted molar refractivity (Wildman–Crippen MR) is 71.4 cm³/mol. The molecule has 1 aliphatic carbocycles. The van der Waals surface area contributed by atoms with E-state index < -0.39 is 0 Å². The number of hydrogen-bond donors (Lipinski definition) is 0. The van der Waals surface area contributed by atoms with E-state index >= 15 is 0 Å². The van der Waals surface area contributed by atoms with Crippen LogP contribution in [-0.4, -0.2) is 12.4 Å². The first-order valence-corrected chi connectivity index (χ1v) is 6.84. The van der Waals surface area contributed by atoms with Crippen molar-refractivity contribution in [3.8, 4) is 5.75 Å². The fourth-order valence-electron chi connectivity index (χ4n) is 1.97. The first-order valence-electron chi connectivity index (χ1n) is 6.05. The Morgan fingerprint density at radius 1 is 1.41 bits per heavy atom. The summed E-state index contributed by atoms with van der Waals surface area (Å²) in [5.74, 6) is 1.76. The van der Waals surface area contributed by atoms with E-state index in [0.29, 0.717) is 6.42 Å². The number of carbonyl (C=O) groups is 1. The van der Waals surface area contributed by atoms with Gasteiger partial charge in [0.25, 0.3) is 0 Å². The zero-order valence-corrected chi connectivity index (χ0v) is 11.6. The van der Waals surface area contributed by atoms with Gasteiger partial charge in [-0.15, -0.1) is 0 Å². The zero-order chi connectivity index (χ0) is 12.3. The smallest absolute Gasteiger partial charge is 0.134 e. The summed E-state index contributed by atoms with van der Waals surface area (Å²) in [5, 5.41) is 0. The molecule has 0 aromatic heterocycles. The molecule has 0 N–H and O–H groups in total. The molecule has 1 saturated carbocycles. The molecule has 2 rings (SSSR count). The molecule has 0 heterocycles. The van der Waals surface area contributed by atoms with Crippen LogP contribution in [0, 0.1) is 5.92 Å². The highest BCUT2D eigenvalue weighted by Crippen LogP contribution is 2.28. The van der Waals surface area contributed by atoms with E-state index in [0.717, 1.165) is 28.3 Å². The summed E-state index contributed by atoms with van der Waals surface area (Å²) in [6, 6.07) is 5.89. The Morgan fingerprint density at radius 2 is 2.18 bits per heavy atom. The quantitative estimate of drug-likeness (QED) is 0.827. The van der Waals surface area contributed by atoms with Crippen molar-refractivity contribution >= 4 is 21.7 Å². The first kappa shape index (κ1) is 12.6. The largest absolute Gasteiger partial charge is 0.493 e. The SMILES string of the molecule is CC(=O)Cc1cc(Br)cc(OCC2CCC2)c1. The molecule has 1 aromatic carbocycles. The molecule has 0 atom stereocenters. The molecule has 0 unspecified atom stereocenters. The normalized spacial score (nSPS) is 15.4. The maximum atomic E-state index is 11.1. The van der Waals surface area contributed by atoms with Gasteiger partial charge < -0.3 is 4.74 Å². The van der Waals surface area contributed by atoms with Crippen LogP contribution in [0.3, 0.4) is 0 Å². The lowest BCUT2D eigenvalue weighted by Crippen LogP contribution is -2.19. The molecule has 1 fully saturated rings. The zero-order valence-electron chi connectivity index (χ0n) is 10.0. The fourth-order valence-corrected chi connectivity index (χ4v) is 2.49. The Morgan fingerprint density at radius 3 is 2.76 bits per heavy atom. The van der Waals surface area contributed by atoms with Crippen LogP contribution in [0.25, 0.3) is 0 Å². The number of benzene rings is 1. The summed E-state index contributed by atoms with van der Waals surface area (Å²) in [6.07, 6.45) is 4.38. The third kappa shape index (κ3) is 3.84. The highest BCUT2D eigenvalue weighted by molar-refractivity contribution is 9.10. The van der Waals surface area contributed by atoms with Crippen LogP contribution in [0.2, 0.25) is 0 Å². The maximum Gasteiger partial charge on any atom is 0.134 e. The van der Waals surface area contributed by atoms with Gasteiger partial charge in [0.05, 0.1) is 6.61 Å². The summed E-state index contributed by atoms with van der Waals surface area (Å²) in [7, 11) is 0. The van der Waals surface area contributed by atoms with Crippen molar-refractivity contribution in [3.63, 3.8) is 0 Å². The number of Topliss-reactive ketones (excluding diaryl/α,β-unsaturated/α-hetero) is 1. The van der Waals surface area contributed by atoms with Crippen LogP contribution in [0.5, 0.6) is 5.75 Å². The number of carbonyl (C=O) groups excluding carboxylic acids is 1. The van der Waals surface area contributed by atoms with Crippen molar-refractivity contribution in [2.24, 2.45) is 5.92 Å². The van der Waals surface area contributed by atoms with Gasteiger partial charge in [-0.1, -0.05) is 22.4 Å². The van der Waals surface area contributed by atoms with Gasteiger partial charge in [-0.2, -0.15) is 0 Å². The molecule has 0 amide bonds. The Bertz CT molecular complexity index is 411. The van der Waals surface area contributed by atoms with E-state index in [1.165, 1.54) is 19.3 Å². The summed E-state index contributed by atoms with van der Waals surface area (Å²) < 4.78 is 6.74.